The zero-order chi connectivity index (χ0) is 17.2. The van der Waals surface area contributed by atoms with Gasteiger partial charge in [-0.2, -0.15) is 5.10 Å². The van der Waals surface area contributed by atoms with Crippen molar-refractivity contribution in [1.29, 1.82) is 0 Å². The molecule has 0 fully saturated rings. The number of nitrogens with one attached hydrogen (secondary N) is 1. The molecule has 124 valence electrons. The first-order valence-corrected chi connectivity index (χ1v) is 7.61. The van der Waals surface area contributed by atoms with E-state index in [1.165, 1.54) is 6.33 Å². The summed E-state index contributed by atoms with van der Waals surface area (Å²) < 4.78 is 11.0. The van der Waals surface area contributed by atoms with Crippen LogP contribution in [0.15, 0.2) is 54.9 Å². The van der Waals surface area contributed by atoms with E-state index in [2.05, 4.69) is 20.2 Å². The monoisotopic (exact) mass is 333 g/mol. The molecule has 2 aromatic carbocycles. The van der Waals surface area contributed by atoms with Gasteiger partial charge in [-0.05, 0) is 48.5 Å². The fourth-order valence-corrected chi connectivity index (χ4v) is 2.56. The fraction of sp³-hybridized carbons (Fsp3) is 0.0556. The molecule has 0 radical (unpaired) electrons. The van der Waals surface area contributed by atoms with Crippen molar-refractivity contribution in [1.82, 2.24) is 20.2 Å². The van der Waals surface area contributed by atoms with E-state index in [0.717, 1.165) is 28.5 Å². The second-order valence-electron chi connectivity index (χ2n) is 5.36. The Bertz CT molecular complexity index is 1010. The van der Waals surface area contributed by atoms with E-state index in [1.807, 2.05) is 48.5 Å². The van der Waals surface area contributed by atoms with Gasteiger partial charge in [-0.15, -0.1) is 0 Å². The van der Waals surface area contributed by atoms with Crippen LogP contribution in [-0.2, 0) is 0 Å². The zero-order valence-corrected chi connectivity index (χ0v) is 13.4. The molecule has 0 aliphatic rings. The van der Waals surface area contributed by atoms with Crippen LogP contribution in [0.1, 0.15) is 0 Å². The van der Waals surface area contributed by atoms with Crippen LogP contribution in [0.3, 0.4) is 0 Å². The average Bonchev–Trinajstić information content (AvgIpc) is 3.09. The molecular weight excluding hydrogens is 318 g/mol. The number of anilines is 1. The summed E-state index contributed by atoms with van der Waals surface area (Å²) in [6.45, 7) is 0. The summed E-state index contributed by atoms with van der Waals surface area (Å²) in [5, 5.41) is 7.84. The van der Waals surface area contributed by atoms with E-state index in [9.17, 15) is 0 Å². The molecule has 0 aliphatic carbocycles. The normalized spacial score (nSPS) is 10.8. The highest BCUT2D eigenvalue weighted by molar-refractivity contribution is 5.97. The van der Waals surface area contributed by atoms with Crippen LogP contribution >= 0.6 is 0 Å². The Balaban J connectivity index is 1.61. The number of fused-ring (bicyclic) bond motifs is 1. The highest BCUT2D eigenvalue weighted by Gasteiger charge is 2.12. The number of ether oxygens (including phenoxy) is 2. The average molecular weight is 333 g/mol. The predicted molar refractivity (Wildman–Crippen MR) is 94.6 cm³/mol. The molecular formula is C18H15N5O2. The van der Waals surface area contributed by atoms with Gasteiger partial charge in [0.05, 0.1) is 18.2 Å². The van der Waals surface area contributed by atoms with Gasteiger partial charge < -0.3 is 15.2 Å². The molecule has 0 unspecified atom stereocenters. The van der Waals surface area contributed by atoms with E-state index >= 15 is 0 Å². The van der Waals surface area contributed by atoms with Crippen LogP contribution in [-0.4, -0.2) is 27.3 Å². The van der Waals surface area contributed by atoms with Crippen LogP contribution in [0.2, 0.25) is 0 Å². The molecule has 2 heterocycles. The number of rotatable bonds is 4. The number of nitrogens with zero attached hydrogens (tertiary/aromatic N) is 3. The van der Waals surface area contributed by atoms with Crippen molar-refractivity contribution in [3.63, 3.8) is 0 Å². The molecule has 0 saturated heterocycles. The second kappa shape index (κ2) is 6.12. The Morgan fingerprint density at radius 1 is 0.880 bits per heavy atom. The molecule has 0 atom stereocenters. The van der Waals surface area contributed by atoms with Gasteiger partial charge in [0, 0.05) is 5.56 Å². The number of nitrogen functional groups attached to an aromatic ring is 1. The van der Waals surface area contributed by atoms with Gasteiger partial charge in [0.25, 0.3) is 0 Å². The predicted octanol–water partition coefficient (Wildman–Crippen LogP) is 3.40. The highest BCUT2D eigenvalue weighted by atomic mass is 16.5. The quantitative estimate of drug-likeness (QED) is 0.594. The summed E-state index contributed by atoms with van der Waals surface area (Å²) in [6, 6.07) is 15.0. The SMILES string of the molecule is COc1ccc(Oc2ccc(-c3[nH]nc4ncnc(N)c34)cc2)cc1. The molecule has 7 heteroatoms. The summed E-state index contributed by atoms with van der Waals surface area (Å²) in [4.78, 5) is 8.13. The van der Waals surface area contributed by atoms with Gasteiger partial charge in [-0.25, -0.2) is 9.97 Å². The van der Waals surface area contributed by atoms with Crippen LogP contribution in [0.25, 0.3) is 22.3 Å². The molecule has 7 nitrogen and oxygen atoms in total. The van der Waals surface area contributed by atoms with Gasteiger partial charge in [-0.3, -0.25) is 5.10 Å². The third-order valence-corrected chi connectivity index (χ3v) is 3.82. The molecule has 4 aromatic rings. The third kappa shape index (κ3) is 2.83. The maximum absolute atomic E-state index is 5.95. The number of methoxy groups -OCH3 is 1. The molecule has 2 aromatic heterocycles. The molecule has 0 bridgehead atoms. The first-order valence-electron chi connectivity index (χ1n) is 7.61. The van der Waals surface area contributed by atoms with E-state index < -0.39 is 0 Å². The molecule has 0 amide bonds. The number of hydrogen-bond acceptors (Lipinski definition) is 6. The maximum Gasteiger partial charge on any atom is 0.186 e. The summed E-state index contributed by atoms with van der Waals surface area (Å²) in [5.41, 5.74) is 8.20. The number of hydrogen-bond donors (Lipinski definition) is 2. The number of H-pyrrole nitrogens is 1. The number of nitrogens with two attached hydrogens (primary N) is 1. The Morgan fingerprint density at radius 3 is 2.20 bits per heavy atom. The van der Waals surface area contributed by atoms with Crippen molar-refractivity contribution in [3.05, 3.63) is 54.9 Å². The Kier molecular flexibility index (Phi) is 3.66. The summed E-state index contributed by atoms with van der Waals surface area (Å²) >= 11 is 0. The van der Waals surface area contributed by atoms with Crippen LogP contribution in [0.4, 0.5) is 5.82 Å². The second-order valence-corrected chi connectivity index (χ2v) is 5.36. The van der Waals surface area contributed by atoms with Gasteiger partial charge in [0.2, 0.25) is 0 Å². The van der Waals surface area contributed by atoms with E-state index in [0.29, 0.717) is 16.9 Å². The molecule has 0 spiro atoms. The van der Waals surface area contributed by atoms with Crippen molar-refractivity contribution in [2.75, 3.05) is 12.8 Å². The Hall–Kier alpha value is -3.61. The number of aromatic amines is 1. The van der Waals surface area contributed by atoms with Crippen molar-refractivity contribution >= 4 is 16.9 Å². The zero-order valence-electron chi connectivity index (χ0n) is 13.4. The molecule has 0 saturated carbocycles. The number of aromatic nitrogens is 4. The van der Waals surface area contributed by atoms with E-state index in [1.54, 1.807) is 7.11 Å². The van der Waals surface area contributed by atoms with Crippen molar-refractivity contribution in [2.24, 2.45) is 0 Å². The van der Waals surface area contributed by atoms with Gasteiger partial charge in [0.1, 0.15) is 29.4 Å². The van der Waals surface area contributed by atoms with Gasteiger partial charge in [-0.1, -0.05) is 0 Å². The van der Waals surface area contributed by atoms with E-state index in [4.69, 9.17) is 15.2 Å². The van der Waals surface area contributed by atoms with Crippen LogP contribution < -0.4 is 15.2 Å². The highest BCUT2D eigenvalue weighted by Crippen LogP contribution is 2.30. The minimum atomic E-state index is 0.396. The lowest BCUT2D eigenvalue weighted by Gasteiger charge is -2.07. The molecule has 3 N–H and O–H groups in total. The summed E-state index contributed by atoms with van der Waals surface area (Å²) in [7, 11) is 1.63. The lowest BCUT2D eigenvalue weighted by Crippen LogP contribution is -1.92. The standard InChI is InChI=1S/C18H15N5O2/c1-24-12-6-8-14(9-7-12)25-13-4-2-11(3-5-13)16-15-17(19)20-10-21-18(15)23-22-16/h2-10H,1H3,(H3,19,20,21,22,23). The smallest absolute Gasteiger partial charge is 0.186 e. The minimum Gasteiger partial charge on any atom is -0.497 e. The lowest BCUT2D eigenvalue weighted by molar-refractivity contribution is 0.413. The number of benzene rings is 2. The van der Waals surface area contributed by atoms with Crippen LogP contribution in [0.5, 0.6) is 17.2 Å². The maximum atomic E-state index is 5.95. The largest absolute Gasteiger partial charge is 0.497 e. The van der Waals surface area contributed by atoms with Crippen molar-refractivity contribution in [3.8, 4) is 28.5 Å². The Labute approximate surface area is 143 Å². The first-order chi connectivity index (χ1) is 12.2. The van der Waals surface area contributed by atoms with Gasteiger partial charge in [0.15, 0.2) is 5.65 Å². The lowest BCUT2D eigenvalue weighted by atomic mass is 10.1. The van der Waals surface area contributed by atoms with Crippen molar-refractivity contribution < 1.29 is 9.47 Å². The van der Waals surface area contributed by atoms with Crippen LogP contribution in [0, 0.1) is 0 Å². The fourth-order valence-electron chi connectivity index (χ4n) is 2.56. The summed E-state index contributed by atoms with van der Waals surface area (Å²) in [5.74, 6) is 2.64. The molecule has 25 heavy (non-hydrogen) atoms. The molecule has 4 rings (SSSR count). The molecule has 0 aliphatic heterocycles. The van der Waals surface area contributed by atoms with Crippen molar-refractivity contribution in [2.45, 2.75) is 0 Å². The Morgan fingerprint density at radius 2 is 1.52 bits per heavy atom. The topological polar surface area (TPSA) is 98.9 Å². The van der Waals surface area contributed by atoms with Gasteiger partial charge >= 0.3 is 0 Å². The van der Waals surface area contributed by atoms with E-state index in [-0.39, 0.29) is 0 Å². The summed E-state index contributed by atoms with van der Waals surface area (Å²) in [6.07, 6.45) is 1.40. The third-order valence-electron chi connectivity index (χ3n) is 3.82. The minimum absolute atomic E-state index is 0.396. The first kappa shape index (κ1) is 14.9.